The normalized spacial score (nSPS) is 10.4. The molecule has 0 amide bonds. The molecule has 0 aliphatic heterocycles. The summed E-state index contributed by atoms with van der Waals surface area (Å²) in [4.78, 5) is 8.71. The van der Waals surface area contributed by atoms with Crippen molar-refractivity contribution in [3.63, 3.8) is 0 Å². The molecule has 0 aliphatic rings. The Morgan fingerprint density at radius 2 is 1.60 bits per heavy atom. The number of aryl methyl sites for hydroxylation is 1. The van der Waals surface area contributed by atoms with E-state index in [4.69, 9.17) is 4.74 Å². The highest BCUT2D eigenvalue weighted by molar-refractivity contribution is 5.63. The molecule has 0 spiro atoms. The third-order valence-electron chi connectivity index (χ3n) is 3.37. The van der Waals surface area contributed by atoms with Gasteiger partial charge in [-0.05, 0) is 56.3 Å². The van der Waals surface area contributed by atoms with Crippen molar-refractivity contribution in [2.24, 2.45) is 0 Å². The maximum Gasteiger partial charge on any atom is 0.136 e. The van der Waals surface area contributed by atoms with Gasteiger partial charge in [-0.15, -0.1) is 0 Å². The number of nitrogens with one attached hydrogen (secondary N) is 2. The molecule has 0 saturated heterocycles. The van der Waals surface area contributed by atoms with Crippen LogP contribution in [0.25, 0.3) is 0 Å². The molecule has 25 heavy (non-hydrogen) atoms. The largest absolute Gasteiger partial charge is 0.494 e. The fraction of sp³-hybridized carbons (Fsp3) is 0.158. The Kier molecular flexibility index (Phi) is 5.09. The average molecular weight is 338 g/mol. The summed E-state index contributed by atoms with van der Waals surface area (Å²) in [6.07, 6.45) is 0. The Labute approximate surface area is 145 Å². The van der Waals surface area contributed by atoms with Crippen LogP contribution in [0, 0.1) is 12.7 Å². The van der Waals surface area contributed by atoms with E-state index in [9.17, 15) is 4.39 Å². The molecule has 2 N–H and O–H groups in total. The van der Waals surface area contributed by atoms with Crippen LogP contribution in [0.1, 0.15) is 12.7 Å². The molecule has 0 radical (unpaired) electrons. The topological polar surface area (TPSA) is 59.1 Å². The lowest BCUT2D eigenvalue weighted by atomic mass is 10.3. The van der Waals surface area contributed by atoms with E-state index in [1.807, 2.05) is 31.2 Å². The van der Waals surface area contributed by atoms with E-state index in [1.165, 1.54) is 12.1 Å². The van der Waals surface area contributed by atoms with Gasteiger partial charge in [0.25, 0.3) is 0 Å². The molecule has 1 heterocycles. The molecule has 0 aliphatic carbocycles. The molecule has 5 nitrogen and oxygen atoms in total. The molecule has 3 rings (SSSR count). The zero-order chi connectivity index (χ0) is 17.6. The standard InChI is InChI=1S/C19H19FN4O/c1-3-25-17-9-7-15(8-10-17)23-18-12-19(22-13(2)21-18)24-16-6-4-5-14(20)11-16/h4-12H,3H2,1-2H3,(H2,21,22,23,24). The molecular formula is C19H19FN4O. The summed E-state index contributed by atoms with van der Waals surface area (Å²) in [5, 5.41) is 6.32. The van der Waals surface area contributed by atoms with Crippen LogP contribution < -0.4 is 15.4 Å². The van der Waals surface area contributed by atoms with Gasteiger partial charge in [-0.3, -0.25) is 0 Å². The monoisotopic (exact) mass is 338 g/mol. The maximum atomic E-state index is 13.3. The van der Waals surface area contributed by atoms with Gasteiger partial charge >= 0.3 is 0 Å². The van der Waals surface area contributed by atoms with Crippen molar-refractivity contribution < 1.29 is 9.13 Å². The second-order valence-electron chi connectivity index (χ2n) is 5.40. The van der Waals surface area contributed by atoms with Crippen molar-refractivity contribution in [3.05, 3.63) is 66.2 Å². The maximum absolute atomic E-state index is 13.3. The second-order valence-corrected chi connectivity index (χ2v) is 5.40. The molecule has 0 atom stereocenters. The minimum absolute atomic E-state index is 0.302. The van der Waals surface area contributed by atoms with Crippen LogP contribution in [0.5, 0.6) is 5.75 Å². The van der Waals surface area contributed by atoms with Gasteiger partial charge in [0.15, 0.2) is 0 Å². The van der Waals surface area contributed by atoms with Crippen molar-refractivity contribution in [2.45, 2.75) is 13.8 Å². The Bertz CT molecular complexity index is 852. The molecule has 0 unspecified atom stereocenters. The minimum atomic E-state index is -0.302. The first kappa shape index (κ1) is 16.7. The first-order valence-electron chi connectivity index (χ1n) is 8.00. The van der Waals surface area contributed by atoms with Crippen LogP contribution in [0.2, 0.25) is 0 Å². The van der Waals surface area contributed by atoms with Gasteiger partial charge in [-0.2, -0.15) is 0 Å². The SMILES string of the molecule is CCOc1ccc(Nc2cc(Nc3cccc(F)c3)nc(C)n2)cc1. The van der Waals surface area contributed by atoms with Gasteiger partial charge < -0.3 is 15.4 Å². The first-order chi connectivity index (χ1) is 12.1. The van der Waals surface area contributed by atoms with Crippen molar-refractivity contribution >= 4 is 23.0 Å². The summed E-state index contributed by atoms with van der Waals surface area (Å²) in [7, 11) is 0. The highest BCUT2D eigenvalue weighted by atomic mass is 19.1. The molecule has 2 aromatic carbocycles. The van der Waals surface area contributed by atoms with E-state index in [0.717, 1.165) is 11.4 Å². The average Bonchev–Trinajstić information content (AvgIpc) is 2.56. The molecule has 0 bridgehead atoms. The third-order valence-corrected chi connectivity index (χ3v) is 3.37. The summed E-state index contributed by atoms with van der Waals surface area (Å²) in [6.45, 7) is 4.38. The Hall–Kier alpha value is -3.15. The lowest BCUT2D eigenvalue weighted by molar-refractivity contribution is 0.340. The molecule has 3 aromatic rings. The quantitative estimate of drug-likeness (QED) is 0.675. The Balaban J connectivity index is 1.77. The van der Waals surface area contributed by atoms with Gasteiger partial charge in [0, 0.05) is 17.4 Å². The summed E-state index contributed by atoms with van der Waals surface area (Å²) < 4.78 is 18.7. The van der Waals surface area contributed by atoms with E-state index in [-0.39, 0.29) is 5.82 Å². The number of hydrogen-bond donors (Lipinski definition) is 2. The van der Waals surface area contributed by atoms with Gasteiger partial charge in [-0.25, -0.2) is 14.4 Å². The predicted octanol–water partition coefficient (Wildman–Crippen LogP) is 4.81. The van der Waals surface area contributed by atoms with Crippen molar-refractivity contribution in [1.29, 1.82) is 0 Å². The zero-order valence-corrected chi connectivity index (χ0v) is 14.1. The van der Waals surface area contributed by atoms with Crippen LogP contribution in [0.3, 0.4) is 0 Å². The fourth-order valence-electron chi connectivity index (χ4n) is 2.36. The summed E-state index contributed by atoms with van der Waals surface area (Å²) >= 11 is 0. The van der Waals surface area contributed by atoms with Gasteiger partial charge in [-0.1, -0.05) is 6.07 Å². The number of anilines is 4. The summed E-state index contributed by atoms with van der Waals surface area (Å²) in [5.74, 6) is 2.36. The molecule has 1 aromatic heterocycles. The molecule has 128 valence electrons. The highest BCUT2D eigenvalue weighted by Crippen LogP contribution is 2.22. The van der Waals surface area contributed by atoms with Gasteiger partial charge in [0.2, 0.25) is 0 Å². The second kappa shape index (κ2) is 7.61. The zero-order valence-electron chi connectivity index (χ0n) is 14.1. The summed E-state index contributed by atoms with van der Waals surface area (Å²) in [5.41, 5.74) is 1.52. The van der Waals surface area contributed by atoms with E-state index in [2.05, 4.69) is 20.6 Å². The molecule has 0 fully saturated rings. The summed E-state index contributed by atoms with van der Waals surface area (Å²) in [6, 6.07) is 15.6. The van der Waals surface area contributed by atoms with E-state index in [1.54, 1.807) is 25.1 Å². The first-order valence-corrected chi connectivity index (χ1v) is 8.00. The molecular weight excluding hydrogens is 319 g/mol. The lowest BCUT2D eigenvalue weighted by Gasteiger charge is -2.11. The van der Waals surface area contributed by atoms with Crippen LogP contribution in [-0.2, 0) is 0 Å². The Morgan fingerprint density at radius 3 is 2.24 bits per heavy atom. The minimum Gasteiger partial charge on any atom is -0.494 e. The number of ether oxygens (including phenoxy) is 1. The number of hydrogen-bond acceptors (Lipinski definition) is 5. The van der Waals surface area contributed by atoms with E-state index >= 15 is 0 Å². The van der Waals surface area contributed by atoms with Crippen molar-refractivity contribution in [1.82, 2.24) is 9.97 Å². The third kappa shape index (κ3) is 4.67. The Morgan fingerprint density at radius 1 is 0.920 bits per heavy atom. The van der Waals surface area contributed by atoms with Crippen molar-refractivity contribution in [2.75, 3.05) is 17.2 Å². The number of benzene rings is 2. The van der Waals surface area contributed by atoms with E-state index in [0.29, 0.717) is 29.8 Å². The lowest BCUT2D eigenvalue weighted by Crippen LogP contribution is -2.01. The number of rotatable bonds is 6. The van der Waals surface area contributed by atoms with Crippen LogP contribution in [-0.4, -0.2) is 16.6 Å². The molecule has 6 heteroatoms. The van der Waals surface area contributed by atoms with Crippen LogP contribution in [0.4, 0.5) is 27.4 Å². The fourth-order valence-corrected chi connectivity index (χ4v) is 2.36. The number of aromatic nitrogens is 2. The van der Waals surface area contributed by atoms with E-state index < -0.39 is 0 Å². The number of halogens is 1. The smallest absolute Gasteiger partial charge is 0.136 e. The van der Waals surface area contributed by atoms with Gasteiger partial charge in [0.05, 0.1) is 6.61 Å². The predicted molar refractivity (Wildman–Crippen MR) is 97.3 cm³/mol. The van der Waals surface area contributed by atoms with Crippen LogP contribution >= 0.6 is 0 Å². The highest BCUT2D eigenvalue weighted by Gasteiger charge is 2.04. The van der Waals surface area contributed by atoms with Crippen LogP contribution in [0.15, 0.2) is 54.6 Å². The van der Waals surface area contributed by atoms with Crippen molar-refractivity contribution in [3.8, 4) is 5.75 Å². The van der Waals surface area contributed by atoms with Gasteiger partial charge in [0.1, 0.15) is 29.0 Å². The molecule has 0 saturated carbocycles. The number of nitrogens with zero attached hydrogens (tertiary/aromatic N) is 2.